The van der Waals surface area contributed by atoms with Crippen LogP contribution in [0.4, 0.5) is 0 Å². The molecule has 1 aromatic carbocycles. The highest BCUT2D eigenvalue weighted by Gasteiger charge is 2.14. The Bertz CT molecular complexity index is 690. The van der Waals surface area contributed by atoms with Gasteiger partial charge in [0.25, 0.3) is 0 Å². The van der Waals surface area contributed by atoms with Crippen LogP contribution < -0.4 is 0 Å². The number of aromatic nitrogens is 3. The molecule has 0 spiro atoms. The third-order valence-electron chi connectivity index (χ3n) is 3.07. The molecule has 0 saturated carbocycles. The Kier molecular flexibility index (Phi) is 2.57. The smallest absolute Gasteiger partial charge is 0.122 e. The van der Waals surface area contributed by atoms with Crippen molar-refractivity contribution in [2.75, 3.05) is 0 Å². The summed E-state index contributed by atoms with van der Waals surface area (Å²) in [5.74, 6) is 0. The zero-order valence-corrected chi connectivity index (χ0v) is 9.99. The van der Waals surface area contributed by atoms with Crippen LogP contribution in [0.5, 0.6) is 0 Å². The molecular formula is C14H13N3O. The number of aliphatic hydroxyl groups is 1. The van der Waals surface area contributed by atoms with Crippen molar-refractivity contribution in [2.45, 2.75) is 6.10 Å². The summed E-state index contributed by atoms with van der Waals surface area (Å²) in [5.41, 5.74) is 2.46. The Balaban J connectivity index is 2.07. The molecule has 0 bridgehead atoms. The molecule has 0 aliphatic carbocycles. The number of hydrogen-bond donors (Lipinski definition) is 1. The van der Waals surface area contributed by atoms with E-state index in [9.17, 15) is 5.11 Å². The fraction of sp³-hybridized carbons (Fsp3) is 0.143. The molecule has 0 fully saturated rings. The van der Waals surface area contributed by atoms with Crippen LogP contribution in [0.3, 0.4) is 0 Å². The van der Waals surface area contributed by atoms with Gasteiger partial charge in [-0.05, 0) is 18.2 Å². The largest absolute Gasteiger partial charge is 0.382 e. The second-order valence-corrected chi connectivity index (χ2v) is 4.24. The van der Waals surface area contributed by atoms with Crippen molar-refractivity contribution in [1.82, 2.24) is 14.8 Å². The SMILES string of the molecule is Cn1nccc1C(O)c1cnc2ccccc2c1. The highest BCUT2D eigenvalue weighted by molar-refractivity contribution is 5.78. The maximum Gasteiger partial charge on any atom is 0.122 e. The van der Waals surface area contributed by atoms with Crippen molar-refractivity contribution >= 4 is 10.9 Å². The molecule has 3 aromatic rings. The summed E-state index contributed by atoms with van der Waals surface area (Å²) >= 11 is 0. The average Bonchev–Trinajstić information content (AvgIpc) is 2.83. The Morgan fingerprint density at radius 3 is 2.83 bits per heavy atom. The predicted molar refractivity (Wildman–Crippen MR) is 69.0 cm³/mol. The number of benzene rings is 1. The molecule has 18 heavy (non-hydrogen) atoms. The quantitative estimate of drug-likeness (QED) is 0.744. The Labute approximate surface area is 105 Å². The first-order valence-corrected chi connectivity index (χ1v) is 5.76. The lowest BCUT2D eigenvalue weighted by atomic mass is 10.1. The molecule has 0 amide bonds. The number of fused-ring (bicyclic) bond motifs is 1. The lowest BCUT2D eigenvalue weighted by molar-refractivity contribution is 0.209. The van der Waals surface area contributed by atoms with Crippen LogP contribution in [-0.2, 0) is 7.05 Å². The van der Waals surface area contributed by atoms with Crippen LogP contribution in [0.15, 0.2) is 48.8 Å². The van der Waals surface area contributed by atoms with E-state index in [1.807, 2.05) is 37.4 Å². The molecule has 3 rings (SSSR count). The molecule has 1 atom stereocenters. The van der Waals surface area contributed by atoms with Gasteiger partial charge in [-0.15, -0.1) is 0 Å². The predicted octanol–water partition coefficient (Wildman–Crippen LogP) is 2.05. The molecule has 0 radical (unpaired) electrons. The fourth-order valence-electron chi connectivity index (χ4n) is 2.06. The van der Waals surface area contributed by atoms with Gasteiger partial charge in [0.05, 0.1) is 11.2 Å². The normalized spacial score (nSPS) is 12.8. The number of hydrogen-bond acceptors (Lipinski definition) is 3. The highest BCUT2D eigenvalue weighted by atomic mass is 16.3. The lowest BCUT2D eigenvalue weighted by Crippen LogP contribution is -2.06. The molecular weight excluding hydrogens is 226 g/mol. The number of para-hydroxylation sites is 1. The lowest BCUT2D eigenvalue weighted by Gasteiger charge is -2.11. The second kappa shape index (κ2) is 4.23. The van der Waals surface area contributed by atoms with Gasteiger partial charge in [-0.1, -0.05) is 18.2 Å². The van der Waals surface area contributed by atoms with Gasteiger partial charge in [-0.2, -0.15) is 5.10 Å². The minimum Gasteiger partial charge on any atom is -0.382 e. The van der Waals surface area contributed by atoms with Crippen LogP contribution in [-0.4, -0.2) is 19.9 Å². The van der Waals surface area contributed by atoms with E-state index < -0.39 is 6.10 Å². The van der Waals surface area contributed by atoms with Gasteiger partial charge in [-0.25, -0.2) is 0 Å². The molecule has 4 heteroatoms. The topological polar surface area (TPSA) is 50.9 Å². The van der Waals surface area contributed by atoms with Crippen molar-refractivity contribution in [2.24, 2.45) is 7.05 Å². The summed E-state index contributed by atoms with van der Waals surface area (Å²) in [4.78, 5) is 4.35. The molecule has 4 nitrogen and oxygen atoms in total. The van der Waals surface area contributed by atoms with Crippen molar-refractivity contribution in [3.63, 3.8) is 0 Å². The third kappa shape index (κ3) is 1.76. The summed E-state index contributed by atoms with van der Waals surface area (Å²) in [5, 5.41) is 15.4. The van der Waals surface area contributed by atoms with Crippen LogP contribution in [0.25, 0.3) is 10.9 Å². The van der Waals surface area contributed by atoms with Crippen LogP contribution >= 0.6 is 0 Å². The Hall–Kier alpha value is -2.20. The maximum atomic E-state index is 10.3. The van der Waals surface area contributed by atoms with E-state index in [2.05, 4.69) is 10.1 Å². The summed E-state index contributed by atoms with van der Waals surface area (Å²) in [6, 6.07) is 11.6. The van der Waals surface area contributed by atoms with Gasteiger partial charge in [0.2, 0.25) is 0 Å². The first-order chi connectivity index (χ1) is 8.75. The summed E-state index contributed by atoms with van der Waals surface area (Å²) in [6.45, 7) is 0. The van der Waals surface area contributed by atoms with Gasteiger partial charge >= 0.3 is 0 Å². The summed E-state index contributed by atoms with van der Waals surface area (Å²) < 4.78 is 1.67. The van der Waals surface area contributed by atoms with Gasteiger partial charge in [0.15, 0.2) is 0 Å². The van der Waals surface area contributed by atoms with Gasteiger partial charge in [0, 0.05) is 30.4 Å². The van der Waals surface area contributed by atoms with E-state index in [4.69, 9.17) is 0 Å². The zero-order chi connectivity index (χ0) is 12.5. The monoisotopic (exact) mass is 239 g/mol. The highest BCUT2D eigenvalue weighted by Crippen LogP contribution is 2.23. The van der Waals surface area contributed by atoms with Gasteiger partial charge in [0.1, 0.15) is 6.10 Å². The number of nitrogens with zero attached hydrogens (tertiary/aromatic N) is 3. The molecule has 1 N–H and O–H groups in total. The molecule has 2 heterocycles. The maximum absolute atomic E-state index is 10.3. The van der Waals surface area contributed by atoms with E-state index in [-0.39, 0.29) is 0 Å². The Morgan fingerprint density at radius 1 is 1.22 bits per heavy atom. The van der Waals surface area contributed by atoms with Crippen LogP contribution in [0.1, 0.15) is 17.4 Å². The molecule has 2 aromatic heterocycles. The van der Waals surface area contributed by atoms with Crippen molar-refractivity contribution in [3.8, 4) is 0 Å². The zero-order valence-electron chi connectivity index (χ0n) is 9.99. The number of pyridine rings is 1. The van der Waals surface area contributed by atoms with Crippen molar-refractivity contribution in [3.05, 3.63) is 60.0 Å². The van der Waals surface area contributed by atoms with E-state index >= 15 is 0 Å². The van der Waals surface area contributed by atoms with Crippen molar-refractivity contribution < 1.29 is 5.11 Å². The first-order valence-electron chi connectivity index (χ1n) is 5.76. The number of aryl methyl sites for hydroxylation is 1. The number of rotatable bonds is 2. The van der Waals surface area contributed by atoms with Gasteiger partial charge < -0.3 is 5.11 Å². The standard InChI is InChI=1S/C14H13N3O/c1-17-13(6-7-16-17)14(18)11-8-10-4-2-3-5-12(10)15-9-11/h2-9,14,18H,1H3. The molecule has 90 valence electrons. The second-order valence-electron chi connectivity index (χ2n) is 4.24. The molecule has 0 saturated heterocycles. The summed E-state index contributed by atoms with van der Waals surface area (Å²) in [7, 11) is 1.81. The minimum atomic E-state index is -0.699. The van der Waals surface area contributed by atoms with Crippen LogP contribution in [0.2, 0.25) is 0 Å². The van der Waals surface area contributed by atoms with E-state index in [1.54, 1.807) is 23.1 Å². The Morgan fingerprint density at radius 2 is 2.06 bits per heavy atom. The van der Waals surface area contributed by atoms with E-state index in [0.29, 0.717) is 0 Å². The van der Waals surface area contributed by atoms with Crippen LogP contribution in [0, 0.1) is 0 Å². The summed E-state index contributed by atoms with van der Waals surface area (Å²) in [6.07, 6.45) is 2.68. The fourth-order valence-corrected chi connectivity index (χ4v) is 2.06. The molecule has 0 aliphatic rings. The third-order valence-corrected chi connectivity index (χ3v) is 3.07. The van der Waals surface area contributed by atoms with Crippen molar-refractivity contribution in [1.29, 1.82) is 0 Å². The van der Waals surface area contributed by atoms with Gasteiger partial charge in [-0.3, -0.25) is 9.67 Å². The molecule has 1 unspecified atom stereocenters. The first kappa shape index (κ1) is 10.9. The van der Waals surface area contributed by atoms with E-state index in [0.717, 1.165) is 22.2 Å². The average molecular weight is 239 g/mol. The number of aliphatic hydroxyl groups excluding tert-OH is 1. The van der Waals surface area contributed by atoms with E-state index in [1.165, 1.54) is 0 Å². The molecule has 0 aliphatic heterocycles. The minimum absolute atomic E-state index is 0.699.